The zero-order valence-corrected chi connectivity index (χ0v) is 14.8. The van der Waals surface area contributed by atoms with E-state index in [1.807, 2.05) is 0 Å². The van der Waals surface area contributed by atoms with Crippen LogP contribution in [0.3, 0.4) is 0 Å². The van der Waals surface area contributed by atoms with Crippen LogP contribution in [0.1, 0.15) is 77.6 Å². The summed E-state index contributed by atoms with van der Waals surface area (Å²) in [6.45, 7) is 2.53. The Hall–Kier alpha value is 0.270. The highest BCUT2D eigenvalue weighted by molar-refractivity contribution is 7.99. The van der Waals surface area contributed by atoms with Crippen LogP contribution in [-0.2, 0) is 0 Å². The van der Waals surface area contributed by atoms with Crippen LogP contribution in [0.4, 0.5) is 0 Å². The van der Waals surface area contributed by atoms with Crippen molar-refractivity contribution in [1.29, 1.82) is 0 Å². The number of aliphatic hydroxyl groups excluding tert-OH is 2. The van der Waals surface area contributed by atoms with E-state index in [1.54, 1.807) is 11.8 Å². The molecule has 2 nitrogen and oxygen atoms in total. The zero-order valence-electron chi connectivity index (χ0n) is 13.9. The van der Waals surface area contributed by atoms with Gasteiger partial charge in [0, 0.05) is 5.75 Å². The molecule has 1 fully saturated rings. The summed E-state index contributed by atoms with van der Waals surface area (Å²) in [7, 11) is 0. The van der Waals surface area contributed by atoms with Gasteiger partial charge in [-0.1, -0.05) is 58.3 Å². The minimum absolute atomic E-state index is 0.0958. The molecule has 0 heterocycles. The van der Waals surface area contributed by atoms with Crippen LogP contribution < -0.4 is 0 Å². The van der Waals surface area contributed by atoms with Crippen LogP contribution >= 0.6 is 11.8 Å². The number of hydrogen-bond acceptors (Lipinski definition) is 3. The largest absolute Gasteiger partial charge is 0.396 e. The summed E-state index contributed by atoms with van der Waals surface area (Å²) in [6, 6.07) is 0. The zero-order chi connectivity index (χ0) is 15.3. The lowest BCUT2D eigenvalue weighted by Crippen LogP contribution is -2.31. The Labute approximate surface area is 136 Å². The Kier molecular flexibility index (Phi) is 11.8. The van der Waals surface area contributed by atoms with E-state index < -0.39 is 0 Å². The molecular formula is C18H36O2S. The Bertz CT molecular complexity index is 235. The van der Waals surface area contributed by atoms with Crippen molar-refractivity contribution in [3.8, 4) is 0 Å². The van der Waals surface area contributed by atoms with Gasteiger partial charge in [-0.2, -0.15) is 11.8 Å². The number of unbranched alkanes of at least 4 members (excludes halogenated alkanes) is 6. The average molecular weight is 317 g/mol. The van der Waals surface area contributed by atoms with Gasteiger partial charge in [0.15, 0.2) is 0 Å². The fraction of sp³-hybridized carbons (Fsp3) is 1.00. The van der Waals surface area contributed by atoms with E-state index in [2.05, 4.69) is 6.92 Å². The van der Waals surface area contributed by atoms with Gasteiger partial charge >= 0.3 is 0 Å². The first kappa shape index (κ1) is 19.3. The molecule has 1 rings (SSSR count). The summed E-state index contributed by atoms with van der Waals surface area (Å²) >= 11 is 1.80. The molecule has 0 radical (unpaired) electrons. The molecule has 21 heavy (non-hydrogen) atoms. The summed E-state index contributed by atoms with van der Waals surface area (Å²) in [5.74, 6) is 3.13. The summed E-state index contributed by atoms with van der Waals surface area (Å²) < 4.78 is 0. The summed E-state index contributed by atoms with van der Waals surface area (Å²) in [4.78, 5) is 0. The van der Waals surface area contributed by atoms with Crippen molar-refractivity contribution in [2.24, 2.45) is 11.8 Å². The normalized spacial score (nSPS) is 26.1. The van der Waals surface area contributed by atoms with E-state index in [9.17, 15) is 5.11 Å². The first-order chi connectivity index (χ1) is 10.3. The standard InChI is InChI=1S/C18H36O2S/c1-2-3-4-5-6-7-8-9-16-10-11-18(20)17(14-16)15-21-13-12-19/h16-20H,2-15H2,1H3. The predicted molar refractivity (Wildman–Crippen MR) is 93.9 cm³/mol. The van der Waals surface area contributed by atoms with E-state index in [1.165, 1.54) is 64.2 Å². The maximum atomic E-state index is 10.1. The maximum Gasteiger partial charge on any atom is 0.0576 e. The van der Waals surface area contributed by atoms with Gasteiger partial charge in [-0.05, 0) is 36.9 Å². The fourth-order valence-corrected chi connectivity index (χ4v) is 4.43. The van der Waals surface area contributed by atoms with Crippen molar-refractivity contribution < 1.29 is 10.2 Å². The van der Waals surface area contributed by atoms with E-state index in [4.69, 9.17) is 5.11 Å². The van der Waals surface area contributed by atoms with Crippen molar-refractivity contribution in [2.75, 3.05) is 18.1 Å². The van der Waals surface area contributed by atoms with Crippen LogP contribution in [-0.4, -0.2) is 34.4 Å². The van der Waals surface area contributed by atoms with E-state index >= 15 is 0 Å². The molecule has 1 saturated carbocycles. The first-order valence-electron chi connectivity index (χ1n) is 9.14. The second-order valence-corrected chi connectivity index (χ2v) is 7.86. The van der Waals surface area contributed by atoms with Gasteiger partial charge in [0.25, 0.3) is 0 Å². The Morgan fingerprint density at radius 3 is 2.43 bits per heavy atom. The second-order valence-electron chi connectivity index (χ2n) is 6.72. The monoisotopic (exact) mass is 316 g/mol. The molecule has 0 amide bonds. The lowest BCUT2D eigenvalue weighted by atomic mass is 9.78. The molecule has 0 spiro atoms. The molecular weight excluding hydrogens is 280 g/mol. The molecule has 3 unspecified atom stereocenters. The first-order valence-corrected chi connectivity index (χ1v) is 10.3. The second kappa shape index (κ2) is 12.8. The van der Waals surface area contributed by atoms with Gasteiger partial charge in [0.2, 0.25) is 0 Å². The van der Waals surface area contributed by atoms with E-state index in [0.717, 1.165) is 23.8 Å². The van der Waals surface area contributed by atoms with Crippen molar-refractivity contribution in [2.45, 2.75) is 83.7 Å². The Balaban J connectivity index is 2.06. The van der Waals surface area contributed by atoms with E-state index in [-0.39, 0.29) is 12.7 Å². The minimum Gasteiger partial charge on any atom is -0.396 e. The van der Waals surface area contributed by atoms with Gasteiger partial charge in [-0.25, -0.2) is 0 Å². The summed E-state index contributed by atoms with van der Waals surface area (Å²) in [5.41, 5.74) is 0. The number of thioether (sulfide) groups is 1. The minimum atomic E-state index is -0.0958. The third-order valence-electron chi connectivity index (χ3n) is 4.83. The van der Waals surface area contributed by atoms with Crippen LogP contribution in [0.2, 0.25) is 0 Å². The number of rotatable bonds is 12. The average Bonchev–Trinajstić information content (AvgIpc) is 2.49. The smallest absolute Gasteiger partial charge is 0.0576 e. The highest BCUT2D eigenvalue weighted by Gasteiger charge is 2.28. The van der Waals surface area contributed by atoms with Gasteiger partial charge < -0.3 is 10.2 Å². The number of hydrogen-bond donors (Lipinski definition) is 2. The fourth-order valence-electron chi connectivity index (χ4n) is 3.48. The van der Waals surface area contributed by atoms with Crippen molar-refractivity contribution in [1.82, 2.24) is 0 Å². The quantitative estimate of drug-likeness (QED) is 0.516. The van der Waals surface area contributed by atoms with E-state index in [0.29, 0.717) is 5.92 Å². The van der Waals surface area contributed by atoms with Gasteiger partial charge in [0.1, 0.15) is 0 Å². The molecule has 2 N–H and O–H groups in total. The lowest BCUT2D eigenvalue weighted by Gasteiger charge is -2.33. The molecule has 0 aromatic carbocycles. The molecule has 3 atom stereocenters. The van der Waals surface area contributed by atoms with Crippen LogP contribution in [0.15, 0.2) is 0 Å². The Morgan fingerprint density at radius 2 is 1.71 bits per heavy atom. The summed E-state index contributed by atoms with van der Waals surface area (Å²) in [5, 5.41) is 19.0. The Morgan fingerprint density at radius 1 is 1.00 bits per heavy atom. The molecule has 0 aromatic heterocycles. The van der Waals surface area contributed by atoms with Crippen molar-refractivity contribution in [3.63, 3.8) is 0 Å². The third kappa shape index (κ3) is 9.10. The lowest BCUT2D eigenvalue weighted by molar-refractivity contribution is 0.0570. The van der Waals surface area contributed by atoms with Gasteiger partial charge in [-0.15, -0.1) is 0 Å². The highest BCUT2D eigenvalue weighted by atomic mass is 32.2. The molecule has 0 saturated heterocycles. The molecule has 0 aromatic rings. The van der Waals surface area contributed by atoms with Crippen LogP contribution in [0, 0.1) is 11.8 Å². The highest BCUT2D eigenvalue weighted by Crippen LogP contribution is 2.34. The number of aliphatic hydroxyl groups is 2. The van der Waals surface area contributed by atoms with Crippen molar-refractivity contribution >= 4 is 11.8 Å². The van der Waals surface area contributed by atoms with Gasteiger partial charge in [-0.3, -0.25) is 0 Å². The predicted octanol–water partition coefficient (Wildman–Crippen LogP) is 4.63. The topological polar surface area (TPSA) is 40.5 Å². The van der Waals surface area contributed by atoms with Crippen LogP contribution in [0.5, 0.6) is 0 Å². The van der Waals surface area contributed by atoms with Crippen molar-refractivity contribution in [3.05, 3.63) is 0 Å². The summed E-state index contributed by atoms with van der Waals surface area (Å²) in [6.07, 6.45) is 14.4. The molecule has 0 bridgehead atoms. The molecule has 3 heteroatoms. The molecule has 0 aliphatic heterocycles. The van der Waals surface area contributed by atoms with Gasteiger partial charge in [0.05, 0.1) is 12.7 Å². The maximum absolute atomic E-state index is 10.1. The van der Waals surface area contributed by atoms with Crippen LogP contribution in [0.25, 0.3) is 0 Å². The SMILES string of the molecule is CCCCCCCCCC1CCC(O)C(CSCCO)C1. The third-order valence-corrected chi connectivity index (χ3v) is 5.97. The molecule has 126 valence electrons. The molecule has 1 aliphatic rings. The molecule has 1 aliphatic carbocycles.